The van der Waals surface area contributed by atoms with Gasteiger partial charge in [-0.3, -0.25) is 4.79 Å². The van der Waals surface area contributed by atoms with Gasteiger partial charge in [0.25, 0.3) is 0 Å². The zero-order valence-electron chi connectivity index (χ0n) is 5.79. The highest BCUT2D eigenvalue weighted by molar-refractivity contribution is 5.67. The second kappa shape index (κ2) is 3.45. The van der Waals surface area contributed by atoms with Crippen LogP contribution in [0.3, 0.4) is 0 Å². The molecule has 54 valence electrons. The first kappa shape index (κ1) is 8.43. The van der Waals surface area contributed by atoms with Crippen molar-refractivity contribution in [3.8, 4) is 0 Å². The lowest BCUT2D eigenvalue weighted by molar-refractivity contribution is -0.137. The van der Waals surface area contributed by atoms with Crippen molar-refractivity contribution in [3.05, 3.63) is 0 Å². The highest BCUT2D eigenvalue weighted by Gasteiger charge is 2.10. The predicted octanol–water partition coefficient (Wildman–Crippen LogP) is 0.444. The Morgan fingerprint density at radius 2 is 2.11 bits per heavy atom. The quantitative estimate of drug-likeness (QED) is 0.584. The lowest BCUT2D eigenvalue weighted by Crippen LogP contribution is -2.28. The number of rotatable bonds is 3. The van der Waals surface area contributed by atoms with Crippen LogP contribution in [0.25, 0.3) is 0 Å². The van der Waals surface area contributed by atoms with Crippen molar-refractivity contribution in [1.29, 1.82) is 0 Å². The molecule has 0 aromatic rings. The van der Waals surface area contributed by atoms with Crippen LogP contribution in [-0.4, -0.2) is 17.1 Å². The van der Waals surface area contributed by atoms with E-state index in [1.807, 2.05) is 13.8 Å². The molecule has 0 heterocycles. The van der Waals surface area contributed by atoms with Crippen molar-refractivity contribution >= 4 is 5.97 Å². The molecular weight excluding hydrogens is 118 g/mol. The van der Waals surface area contributed by atoms with Crippen LogP contribution in [0.4, 0.5) is 0 Å². The van der Waals surface area contributed by atoms with Crippen LogP contribution < -0.4 is 5.73 Å². The van der Waals surface area contributed by atoms with Gasteiger partial charge in [0, 0.05) is 6.04 Å². The molecule has 0 radical (unpaired) electrons. The van der Waals surface area contributed by atoms with E-state index < -0.39 is 5.97 Å². The highest BCUT2D eigenvalue weighted by Crippen LogP contribution is 2.01. The van der Waals surface area contributed by atoms with Crippen molar-refractivity contribution in [2.75, 3.05) is 0 Å². The Bertz CT molecular complexity index is 101. The van der Waals surface area contributed by atoms with Crippen LogP contribution in [0, 0.1) is 5.92 Å². The molecule has 0 saturated carbocycles. The molecule has 1 atom stereocenters. The zero-order chi connectivity index (χ0) is 7.44. The van der Waals surface area contributed by atoms with Gasteiger partial charge >= 0.3 is 5.97 Å². The molecule has 9 heavy (non-hydrogen) atoms. The number of hydrogen-bond acceptors (Lipinski definition) is 2. The van der Waals surface area contributed by atoms with Crippen molar-refractivity contribution in [3.63, 3.8) is 0 Å². The van der Waals surface area contributed by atoms with E-state index in [-0.39, 0.29) is 18.4 Å². The van der Waals surface area contributed by atoms with E-state index in [1.54, 1.807) is 0 Å². The van der Waals surface area contributed by atoms with Crippen LogP contribution in [0.5, 0.6) is 0 Å². The fourth-order valence-electron chi connectivity index (χ4n) is 0.437. The molecule has 0 rings (SSSR count). The lowest BCUT2D eigenvalue weighted by atomic mass is 10.0. The van der Waals surface area contributed by atoms with Crippen LogP contribution in [0.2, 0.25) is 0 Å². The van der Waals surface area contributed by atoms with Gasteiger partial charge in [-0.05, 0) is 5.92 Å². The first-order valence-electron chi connectivity index (χ1n) is 3.01. The summed E-state index contributed by atoms with van der Waals surface area (Å²) in [5.41, 5.74) is 5.44. The Morgan fingerprint density at radius 3 is 2.22 bits per heavy atom. The van der Waals surface area contributed by atoms with Crippen LogP contribution >= 0.6 is 0 Å². The number of hydrogen-bond donors (Lipinski definition) is 2. The molecule has 3 nitrogen and oxygen atoms in total. The SMILES string of the molecule is CC(C)C(N)CC(=O)O. The van der Waals surface area contributed by atoms with E-state index in [0.29, 0.717) is 0 Å². The Balaban J connectivity index is 3.50. The summed E-state index contributed by atoms with van der Waals surface area (Å²) < 4.78 is 0. The van der Waals surface area contributed by atoms with Crippen LogP contribution in [-0.2, 0) is 4.79 Å². The molecule has 3 N–H and O–H groups in total. The van der Waals surface area contributed by atoms with Crippen molar-refractivity contribution < 1.29 is 9.90 Å². The normalized spacial score (nSPS) is 13.8. The van der Waals surface area contributed by atoms with Crippen LogP contribution in [0.15, 0.2) is 0 Å². The molecule has 0 aromatic heterocycles. The van der Waals surface area contributed by atoms with Crippen LogP contribution in [0.1, 0.15) is 20.3 Å². The summed E-state index contributed by atoms with van der Waals surface area (Å²) in [5.74, 6) is -0.572. The summed E-state index contributed by atoms with van der Waals surface area (Å²) in [7, 11) is 0. The summed E-state index contributed by atoms with van der Waals surface area (Å²) >= 11 is 0. The summed E-state index contributed by atoms with van der Waals surface area (Å²) in [4.78, 5) is 10.0. The molecule has 0 bridgehead atoms. The first-order chi connectivity index (χ1) is 4.04. The average Bonchev–Trinajstić information content (AvgIpc) is 1.63. The monoisotopic (exact) mass is 131 g/mol. The average molecular weight is 131 g/mol. The van der Waals surface area contributed by atoms with Gasteiger partial charge in [0.1, 0.15) is 0 Å². The van der Waals surface area contributed by atoms with Crippen molar-refractivity contribution in [2.24, 2.45) is 11.7 Å². The number of carbonyl (C=O) groups is 1. The number of aliphatic carboxylic acids is 1. The van der Waals surface area contributed by atoms with Gasteiger partial charge in [-0.25, -0.2) is 0 Å². The molecule has 0 aliphatic rings. The van der Waals surface area contributed by atoms with E-state index in [1.165, 1.54) is 0 Å². The first-order valence-corrected chi connectivity index (χ1v) is 3.01. The highest BCUT2D eigenvalue weighted by atomic mass is 16.4. The minimum absolute atomic E-state index is 0.0671. The largest absolute Gasteiger partial charge is 0.481 e. The standard InChI is InChI=1S/C6H13NO2/c1-4(2)5(7)3-6(8)9/h4-5H,3,7H2,1-2H3,(H,8,9). The van der Waals surface area contributed by atoms with Crippen molar-refractivity contribution in [1.82, 2.24) is 0 Å². The Labute approximate surface area is 54.9 Å². The maximum Gasteiger partial charge on any atom is 0.304 e. The van der Waals surface area contributed by atoms with Gasteiger partial charge in [-0.2, -0.15) is 0 Å². The van der Waals surface area contributed by atoms with E-state index >= 15 is 0 Å². The maximum absolute atomic E-state index is 10.0. The van der Waals surface area contributed by atoms with Gasteiger partial charge in [0.05, 0.1) is 6.42 Å². The second-order valence-electron chi connectivity index (χ2n) is 2.51. The van der Waals surface area contributed by atoms with E-state index in [9.17, 15) is 4.79 Å². The third-order valence-corrected chi connectivity index (χ3v) is 1.27. The third kappa shape index (κ3) is 3.97. The summed E-state index contributed by atoms with van der Waals surface area (Å²) in [6.07, 6.45) is 0.0671. The van der Waals surface area contributed by atoms with E-state index in [4.69, 9.17) is 10.8 Å². The van der Waals surface area contributed by atoms with Crippen molar-refractivity contribution in [2.45, 2.75) is 26.3 Å². The number of nitrogens with two attached hydrogens (primary N) is 1. The molecule has 3 heteroatoms. The summed E-state index contributed by atoms with van der Waals surface area (Å²) in [5, 5.41) is 8.25. The lowest BCUT2D eigenvalue weighted by Gasteiger charge is -2.11. The van der Waals surface area contributed by atoms with E-state index in [0.717, 1.165) is 0 Å². The minimum atomic E-state index is -0.823. The molecule has 0 fully saturated rings. The predicted molar refractivity (Wildman–Crippen MR) is 35.1 cm³/mol. The molecule has 0 saturated heterocycles. The fraction of sp³-hybridized carbons (Fsp3) is 0.833. The molecular formula is C6H13NO2. The minimum Gasteiger partial charge on any atom is -0.481 e. The Hall–Kier alpha value is -0.570. The smallest absolute Gasteiger partial charge is 0.304 e. The molecule has 0 spiro atoms. The van der Waals surface area contributed by atoms with Gasteiger partial charge in [-0.1, -0.05) is 13.8 Å². The third-order valence-electron chi connectivity index (χ3n) is 1.27. The Morgan fingerprint density at radius 1 is 1.67 bits per heavy atom. The van der Waals surface area contributed by atoms with Gasteiger partial charge in [-0.15, -0.1) is 0 Å². The second-order valence-corrected chi connectivity index (χ2v) is 2.51. The molecule has 0 aliphatic carbocycles. The van der Waals surface area contributed by atoms with E-state index in [2.05, 4.69) is 0 Å². The summed E-state index contributed by atoms with van der Waals surface area (Å²) in [6, 6.07) is -0.206. The number of carboxylic acids is 1. The molecule has 0 aromatic carbocycles. The maximum atomic E-state index is 10.0. The summed E-state index contributed by atoms with van der Waals surface area (Å²) in [6.45, 7) is 3.82. The fourth-order valence-corrected chi connectivity index (χ4v) is 0.437. The molecule has 0 amide bonds. The topological polar surface area (TPSA) is 63.3 Å². The van der Waals surface area contributed by atoms with Gasteiger partial charge in [0.2, 0.25) is 0 Å². The molecule has 0 aliphatic heterocycles. The Kier molecular flexibility index (Phi) is 3.24. The van der Waals surface area contributed by atoms with Gasteiger partial charge < -0.3 is 10.8 Å². The zero-order valence-corrected chi connectivity index (χ0v) is 5.79. The molecule has 1 unspecified atom stereocenters. The van der Waals surface area contributed by atoms with Gasteiger partial charge in [0.15, 0.2) is 0 Å². The number of carboxylic acid groups (broad SMARTS) is 1.